The molecule has 0 aromatic heterocycles. The van der Waals surface area contributed by atoms with Gasteiger partial charge in [0, 0.05) is 13.4 Å². The van der Waals surface area contributed by atoms with Crippen molar-refractivity contribution in [2.75, 3.05) is 5.32 Å². The van der Waals surface area contributed by atoms with Crippen LogP contribution in [0.3, 0.4) is 0 Å². The second-order valence-corrected chi connectivity index (χ2v) is 7.29. The molecule has 3 rings (SSSR count). The Labute approximate surface area is 153 Å². The maximum absolute atomic E-state index is 12.4. The van der Waals surface area contributed by atoms with Crippen LogP contribution in [0.4, 0.5) is 5.69 Å². The summed E-state index contributed by atoms with van der Waals surface area (Å²) in [5.74, 6) is -0.148. The fourth-order valence-corrected chi connectivity index (χ4v) is 3.63. The van der Waals surface area contributed by atoms with Gasteiger partial charge in [0.1, 0.15) is 0 Å². The van der Waals surface area contributed by atoms with Crippen molar-refractivity contribution in [3.63, 3.8) is 0 Å². The second-order valence-electron chi connectivity index (χ2n) is 4.73. The van der Waals surface area contributed by atoms with Crippen LogP contribution in [0.15, 0.2) is 68.0 Å². The summed E-state index contributed by atoms with van der Waals surface area (Å²) in [5, 5.41) is 5.09. The lowest BCUT2D eigenvalue weighted by Crippen LogP contribution is -2.12. The molecule has 0 spiro atoms. The Hall–Kier alpha value is -1.17. The van der Waals surface area contributed by atoms with Gasteiger partial charge in [-0.3, -0.25) is 4.79 Å². The zero-order valence-electron chi connectivity index (χ0n) is 11.2. The molecule has 1 N–H and O–H groups in total. The smallest absolute Gasteiger partial charge is 0.256 e. The molecule has 0 fully saturated rings. The number of halogens is 3. The molecule has 0 aliphatic heterocycles. The lowest BCUT2D eigenvalue weighted by atomic mass is 10.1. The molecule has 1 amide bonds. The Kier molecular flexibility index (Phi) is 4.66. The summed E-state index contributed by atoms with van der Waals surface area (Å²) in [4.78, 5) is 12.4. The Balaban J connectivity index is 1.98. The van der Waals surface area contributed by atoms with Crippen LogP contribution in [0.5, 0.6) is 0 Å². The van der Waals surface area contributed by atoms with E-state index in [1.165, 1.54) is 0 Å². The number of amides is 1. The molecule has 0 unspecified atom stereocenters. The number of carbonyl (C=O) groups is 1. The highest BCUT2D eigenvalue weighted by molar-refractivity contribution is 9.11. The van der Waals surface area contributed by atoms with Crippen molar-refractivity contribution in [1.82, 2.24) is 0 Å². The van der Waals surface area contributed by atoms with E-state index in [1.807, 2.05) is 48.5 Å². The summed E-state index contributed by atoms with van der Waals surface area (Å²) in [6.45, 7) is 0. The second kappa shape index (κ2) is 6.52. The van der Waals surface area contributed by atoms with Crippen LogP contribution in [-0.2, 0) is 0 Å². The van der Waals surface area contributed by atoms with E-state index in [0.29, 0.717) is 5.56 Å². The summed E-state index contributed by atoms with van der Waals surface area (Å²) >= 11 is 10.4. The quantitative estimate of drug-likeness (QED) is 0.450. The van der Waals surface area contributed by atoms with Crippen LogP contribution in [0.25, 0.3) is 10.8 Å². The first kappa shape index (κ1) is 15.7. The number of hydrogen-bond donors (Lipinski definition) is 1. The van der Waals surface area contributed by atoms with E-state index in [-0.39, 0.29) is 5.91 Å². The van der Waals surface area contributed by atoms with Gasteiger partial charge in [0.05, 0.1) is 11.3 Å². The van der Waals surface area contributed by atoms with Gasteiger partial charge in [0.2, 0.25) is 0 Å². The molecule has 22 heavy (non-hydrogen) atoms. The number of benzene rings is 3. The van der Waals surface area contributed by atoms with E-state index >= 15 is 0 Å². The van der Waals surface area contributed by atoms with E-state index in [9.17, 15) is 4.79 Å². The van der Waals surface area contributed by atoms with Crippen molar-refractivity contribution in [3.05, 3.63) is 73.6 Å². The molecule has 5 heteroatoms. The predicted octanol–water partition coefficient (Wildman–Crippen LogP) is 6.38. The molecule has 0 bridgehead atoms. The van der Waals surface area contributed by atoms with Gasteiger partial charge in [-0.25, -0.2) is 0 Å². The molecule has 0 atom stereocenters. The Morgan fingerprint density at radius 1 is 0.909 bits per heavy atom. The Morgan fingerprint density at radius 2 is 1.68 bits per heavy atom. The Bertz CT molecular complexity index is 877. The van der Waals surface area contributed by atoms with Crippen molar-refractivity contribution in [3.8, 4) is 0 Å². The van der Waals surface area contributed by atoms with Gasteiger partial charge in [-0.05, 0) is 73.0 Å². The average Bonchev–Trinajstić information content (AvgIpc) is 2.50. The normalized spacial score (nSPS) is 10.7. The third-order valence-corrected chi connectivity index (χ3v) is 5.32. The number of carbonyl (C=O) groups excluding carboxylic acids is 1. The molecule has 3 aromatic rings. The summed E-state index contributed by atoms with van der Waals surface area (Å²) < 4.78 is 2.67. The zero-order chi connectivity index (χ0) is 15.7. The molecular weight excluding hydrogens is 474 g/mol. The number of hydrogen-bond acceptors (Lipinski definition) is 1. The maximum atomic E-state index is 12.4. The van der Waals surface area contributed by atoms with Gasteiger partial charge in [-0.15, -0.1) is 0 Å². The SMILES string of the molecule is O=C(Nc1ccc2cc(Br)ccc2c1Br)c1ccccc1Br. The molecule has 0 aliphatic rings. The summed E-state index contributed by atoms with van der Waals surface area (Å²) in [6.07, 6.45) is 0. The highest BCUT2D eigenvalue weighted by Crippen LogP contribution is 2.33. The highest BCUT2D eigenvalue weighted by Gasteiger charge is 2.12. The van der Waals surface area contributed by atoms with Gasteiger partial charge < -0.3 is 5.32 Å². The van der Waals surface area contributed by atoms with Gasteiger partial charge in [0.15, 0.2) is 0 Å². The van der Waals surface area contributed by atoms with Crippen LogP contribution in [0.1, 0.15) is 10.4 Å². The molecule has 0 aliphatic carbocycles. The van der Waals surface area contributed by atoms with Crippen molar-refractivity contribution >= 4 is 70.2 Å². The van der Waals surface area contributed by atoms with Crippen LogP contribution >= 0.6 is 47.8 Å². The molecule has 0 radical (unpaired) electrons. The third kappa shape index (κ3) is 3.12. The molecule has 0 heterocycles. The van der Waals surface area contributed by atoms with Gasteiger partial charge in [0.25, 0.3) is 5.91 Å². The van der Waals surface area contributed by atoms with Crippen molar-refractivity contribution in [2.45, 2.75) is 0 Å². The fraction of sp³-hybridized carbons (Fsp3) is 0. The number of fused-ring (bicyclic) bond motifs is 1. The van der Waals surface area contributed by atoms with E-state index < -0.39 is 0 Å². The topological polar surface area (TPSA) is 29.1 Å². The molecular formula is C17H10Br3NO. The largest absolute Gasteiger partial charge is 0.321 e. The fourth-order valence-electron chi connectivity index (χ4n) is 2.19. The maximum Gasteiger partial charge on any atom is 0.256 e. The summed E-state index contributed by atoms with van der Waals surface area (Å²) in [6, 6.07) is 17.3. The van der Waals surface area contributed by atoms with E-state index in [2.05, 4.69) is 53.1 Å². The molecule has 2 nitrogen and oxygen atoms in total. The van der Waals surface area contributed by atoms with Crippen molar-refractivity contribution in [1.29, 1.82) is 0 Å². The lowest BCUT2D eigenvalue weighted by Gasteiger charge is -2.11. The minimum absolute atomic E-state index is 0.148. The Morgan fingerprint density at radius 3 is 2.45 bits per heavy atom. The number of nitrogens with one attached hydrogen (secondary N) is 1. The lowest BCUT2D eigenvalue weighted by molar-refractivity contribution is 0.102. The number of rotatable bonds is 2. The van der Waals surface area contributed by atoms with E-state index in [1.54, 1.807) is 6.07 Å². The van der Waals surface area contributed by atoms with Crippen LogP contribution in [0, 0.1) is 0 Å². The minimum atomic E-state index is -0.148. The van der Waals surface area contributed by atoms with Crippen LogP contribution in [0.2, 0.25) is 0 Å². The summed E-state index contributed by atoms with van der Waals surface area (Å²) in [7, 11) is 0. The first-order valence-corrected chi connectivity index (χ1v) is 8.88. The molecule has 0 saturated heterocycles. The first-order valence-electron chi connectivity index (χ1n) is 6.50. The summed E-state index contributed by atoms with van der Waals surface area (Å²) in [5.41, 5.74) is 1.35. The minimum Gasteiger partial charge on any atom is -0.321 e. The molecule has 0 saturated carbocycles. The van der Waals surface area contributed by atoms with Gasteiger partial charge in [-0.2, -0.15) is 0 Å². The van der Waals surface area contributed by atoms with E-state index in [4.69, 9.17) is 0 Å². The van der Waals surface area contributed by atoms with Crippen molar-refractivity contribution in [2.24, 2.45) is 0 Å². The molecule has 3 aromatic carbocycles. The van der Waals surface area contributed by atoms with Gasteiger partial charge in [-0.1, -0.05) is 40.2 Å². The predicted molar refractivity (Wildman–Crippen MR) is 101 cm³/mol. The molecule has 110 valence electrons. The average molecular weight is 484 g/mol. The monoisotopic (exact) mass is 481 g/mol. The zero-order valence-corrected chi connectivity index (χ0v) is 16.0. The van der Waals surface area contributed by atoms with Crippen LogP contribution in [-0.4, -0.2) is 5.91 Å². The standard InChI is InChI=1S/C17H10Br3NO/c18-11-6-7-12-10(9-11)5-8-15(16(12)20)21-17(22)13-3-1-2-4-14(13)19/h1-9H,(H,21,22). The van der Waals surface area contributed by atoms with Crippen LogP contribution < -0.4 is 5.32 Å². The first-order chi connectivity index (χ1) is 10.6. The van der Waals surface area contributed by atoms with E-state index in [0.717, 1.165) is 29.9 Å². The number of anilines is 1. The van der Waals surface area contributed by atoms with Gasteiger partial charge >= 0.3 is 0 Å². The highest BCUT2D eigenvalue weighted by atomic mass is 79.9. The van der Waals surface area contributed by atoms with Crippen molar-refractivity contribution < 1.29 is 4.79 Å². The third-order valence-electron chi connectivity index (χ3n) is 3.28.